The smallest absolute Gasteiger partial charge is 0.258 e. The number of carbonyl (C=O) groups is 1. The first-order valence-corrected chi connectivity index (χ1v) is 8.76. The summed E-state index contributed by atoms with van der Waals surface area (Å²) in [6.07, 6.45) is 0. The van der Waals surface area contributed by atoms with Gasteiger partial charge >= 0.3 is 0 Å². The topological polar surface area (TPSA) is 38.3 Å². The monoisotopic (exact) mass is 339 g/mol. The maximum atomic E-state index is 12.3. The van der Waals surface area contributed by atoms with Crippen LogP contribution in [0.25, 0.3) is 0 Å². The number of hydrogen-bond donors (Lipinski definition) is 1. The molecule has 0 fully saturated rings. The number of rotatable bonds is 5. The molecular weight excluding hydrogens is 310 g/mol. The zero-order valence-electron chi connectivity index (χ0n) is 16.4. The average molecular weight is 339 g/mol. The quantitative estimate of drug-likeness (QED) is 0.850. The Balaban J connectivity index is 2.02. The molecule has 3 heteroatoms. The summed E-state index contributed by atoms with van der Waals surface area (Å²) < 4.78 is 5.76. The minimum absolute atomic E-state index is 0.0258. The van der Waals surface area contributed by atoms with E-state index in [4.69, 9.17) is 4.74 Å². The van der Waals surface area contributed by atoms with Crippen molar-refractivity contribution in [3.05, 3.63) is 63.2 Å². The van der Waals surface area contributed by atoms with Crippen molar-refractivity contribution in [2.45, 2.75) is 54.5 Å². The van der Waals surface area contributed by atoms with Crippen molar-refractivity contribution in [1.82, 2.24) is 5.32 Å². The second-order valence-electron chi connectivity index (χ2n) is 7.08. The third kappa shape index (κ3) is 4.62. The van der Waals surface area contributed by atoms with Gasteiger partial charge in [0.05, 0.1) is 6.04 Å². The minimum Gasteiger partial charge on any atom is -0.483 e. The van der Waals surface area contributed by atoms with Crippen LogP contribution in [0.5, 0.6) is 5.75 Å². The highest BCUT2D eigenvalue weighted by molar-refractivity contribution is 5.78. The van der Waals surface area contributed by atoms with Gasteiger partial charge in [0.25, 0.3) is 5.91 Å². The summed E-state index contributed by atoms with van der Waals surface area (Å²) in [6.45, 7) is 14.4. The summed E-state index contributed by atoms with van der Waals surface area (Å²) in [4.78, 5) is 12.3. The van der Waals surface area contributed by atoms with Crippen LogP contribution in [0.15, 0.2) is 24.3 Å². The van der Waals surface area contributed by atoms with Gasteiger partial charge < -0.3 is 10.1 Å². The first-order valence-electron chi connectivity index (χ1n) is 8.76. The number of amides is 1. The van der Waals surface area contributed by atoms with E-state index in [1.807, 2.05) is 26.8 Å². The highest BCUT2D eigenvalue weighted by Gasteiger charge is 2.14. The maximum Gasteiger partial charge on any atom is 0.258 e. The van der Waals surface area contributed by atoms with Gasteiger partial charge in [-0.1, -0.05) is 18.2 Å². The molecule has 25 heavy (non-hydrogen) atoms. The fourth-order valence-corrected chi connectivity index (χ4v) is 3.10. The Labute approximate surface area is 151 Å². The van der Waals surface area contributed by atoms with Crippen LogP contribution in [-0.2, 0) is 4.79 Å². The fourth-order valence-electron chi connectivity index (χ4n) is 3.10. The summed E-state index contributed by atoms with van der Waals surface area (Å²) in [7, 11) is 0. The van der Waals surface area contributed by atoms with E-state index in [-0.39, 0.29) is 18.6 Å². The Morgan fingerprint density at radius 3 is 2.24 bits per heavy atom. The molecule has 1 atom stereocenters. The molecule has 0 aliphatic heterocycles. The third-order valence-corrected chi connectivity index (χ3v) is 4.85. The van der Waals surface area contributed by atoms with Gasteiger partial charge in [0.1, 0.15) is 5.75 Å². The molecule has 0 aliphatic rings. The van der Waals surface area contributed by atoms with Gasteiger partial charge in [-0.05, 0) is 93.5 Å². The van der Waals surface area contributed by atoms with Gasteiger partial charge in [-0.3, -0.25) is 4.79 Å². The number of carbonyl (C=O) groups excluding carboxylic acids is 1. The number of nitrogens with one attached hydrogen (secondary N) is 1. The molecule has 1 amide bonds. The SMILES string of the molecule is Cc1cc(C)c(C)c(OCC(=O)N[C@@H](C)c2cc(C)c(C)cc2C)c1. The van der Waals surface area contributed by atoms with Crippen LogP contribution in [0.1, 0.15) is 51.9 Å². The number of hydrogen-bond acceptors (Lipinski definition) is 2. The fraction of sp³-hybridized carbons (Fsp3) is 0.409. The Hall–Kier alpha value is -2.29. The maximum absolute atomic E-state index is 12.3. The molecule has 1 N–H and O–H groups in total. The van der Waals surface area contributed by atoms with E-state index < -0.39 is 0 Å². The molecule has 0 radical (unpaired) electrons. The Morgan fingerprint density at radius 2 is 1.56 bits per heavy atom. The van der Waals surface area contributed by atoms with E-state index in [1.165, 1.54) is 22.3 Å². The van der Waals surface area contributed by atoms with Crippen molar-refractivity contribution in [2.24, 2.45) is 0 Å². The van der Waals surface area contributed by atoms with Crippen molar-refractivity contribution < 1.29 is 9.53 Å². The van der Waals surface area contributed by atoms with E-state index in [9.17, 15) is 4.79 Å². The van der Waals surface area contributed by atoms with Gasteiger partial charge in [0, 0.05) is 0 Å². The lowest BCUT2D eigenvalue weighted by molar-refractivity contribution is -0.123. The molecule has 3 nitrogen and oxygen atoms in total. The Morgan fingerprint density at radius 1 is 0.920 bits per heavy atom. The van der Waals surface area contributed by atoms with E-state index in [0.717, 1.165) is 22.4 Å². The van der Waals surface area contributed by atoms with Crippen LogP contribution in [0, 0.1) is 41.5 Å². The van der Waals surface area contributed by atoms with Crippen LogP contribution in [0.2, 0.25) is 0 Å². The molecule has 0 aliphatic carbocycles. The largest absolute Gasteiger partial charge is 0.483 e. The zero-order chi connectivity index (χ0) is 18.7. The zero-order valence-corrected chi connectivity index (χ0v) is 16.4. The minimum atomic E-state index is -0.108. The second kappa shape index (κ2) is 7.73. The molecule has 2 aromatic carbocycles. The highest BCUT2D eigenvalue weighted by atomic mass is 16.5. The normalized spacial score (nSPS) is 12.0. The van der Waals surface area contributed by atoms with Crippen LogP contribution < -0.4 is 10.1 Å². The molecule has 2 rings (SSSR count). The van der Waals surface area contributed by atoms with Gasteiger partial charge in [0.2, 0.25) is 0 Å². The second-order valence-corrected chi connectivity index (χ2v) is 7.08. The molecule has 0 aromatic heterocycles. The summed E-state index contributed by atoms with van der Waals surface area (Å²) in [5, 5.41) is 3.04. The summed E-state index contributed by atoms with van der Waals surface area (Å²) in [5.74, 6) is 0.673. The molecule has 0 unspecified atom stereocenters. The van der Waals surface area contributed by atoms with Crippen molar-refractivity contribution in [3.8, 4) is 5.75 Å². The van der Waals surface area contributed by atoms with Gasteiger partial charge in [-0.2, -0.15) is 0 Å². The molecule has 0 saturated carbocycles. The van der Waals surface area contributed by atoms with E-state index in [1.54, 1.807) is 0 Å². The standard InChI is InChI=1S/C22H29NO2/c1-13-8-16(4)18(6)21(9-13)25-12-22(24)23-19(7)20-11-15(3)14(2)10-17(20)5/h8-11,19H,12H2,1-7H3,(H,23,24)/t19-/m0/s1. The molecule has 0 spiro atoms. The summed E-state index contributed by atoms with van der Waals surface area (Å²) >= 11 is 0. The van der Waals surface area contributed by atoms with Crippen molar-refractivity contribution in [3.63, 3.8) is 0 Å². The number of benzene rings is 2. The van der Waals surface area contributed by atoms with Gasteiger partial charge in [-0.15, -0.1) is 0 Å². The lowest BCUT2D eigenvalue weighted by Crippen LogP contribution is -2.31. The predicted octanol–water partition coefficient (Wildman–Crippen LogP) is 4.79. The average Bonchev–Trinajstić information content (AvgIpc) is 2.52. The van der Waals surface area contributed by atoms with Crippen molar-refractivity contribution in [1.29, 1.82) is 0 Å². The molecule has 2 aromatic rings. The van der Waals surface area contributed by atoms with E-state index >= 15 is 0 Å². The van der Waals surface area contributed by atoms with Crippen molar-refractivity contribution >= 4 is 5.91 Å². The third-order valence-electron chi connectivity index (χ3n) is 4.85. The van der Waals surface area contributed by atoms with Crippen LogP contribution in [0.4, 0.5) is 0 Å². The van der Waals surface area contributed by atoms with Crippen LogP contribution >= 0.6 is 0 Å². The summed E-state index contributed by atoms with van der Waals surface area (Å²) in [6, 6.07) is 8.38. The first-order chi connectivity index (χ1) is 11.7. The molecular formula is C22H29NO2. The van der Waals surface area contributed by atoms with Crippen LogP contribution in [0.3, 0.4) is 0 Å². The molecule has 0 bridgehead atoms. The molecule has 134 valence electrons. The summed E-state index contributed by atoms with van der Waals surface area (Å²) in [5.41, 5.74) is 8.25. The number of aryl methyl sites for hydroxylation is 5. The lowest BCUT2D eigenvalue weighted by Gasteiger charge is -2.19. The molecule has 0 heterocycles. The van der Waals surface area contributed by atoms with E-state index in [0.29, 0.717) is 0 Å². The van der Waals surface area contributed by atoms with Crippen molar-refractivity contribution in [2.75, 3.05) is 6.61 Å². The lowest BCUT2D eigenvalue weighted by atomic mass is 9.96. The van der Waals surface area contributed by atoms with E-state index in [2.05, 4.69) is 51.2 Å². The molecule has 0 saturated heterocycles. The van der Waals surface area contributed by atoms with Crippen LogP contribution in [-0.4, -0.2) is 12.5 Å². The van der Waals surface area contributed by atoms with Gasteiger partial charge in [-0.25, -0.2) is 0 Å². The Kier molecular flexibility index (Phi) is 5.89. The predicted molar refractivity (Wildman–Crippen MR) is 103 cm³/mol. The van der Waals surface area contributed by atoms with Gasteiger partial charge in [0.15, 0.2) is 6.61 Å². The number of ether oxygens (including phenoxy) is 1. The first kappa shape index (κ1) is 19.0. The highest BCUT2D eigenvalue weighted by Crippen LogP contribution is 2.24. The Bertz CT molecular complexity index is 793.